The molecule has 13 nitrogen and oxygen atoms in total. The second-order valence-electron chi connectivity index (χ2n) is 19.0. The van der Waals surface area contributed by atoms with E-state index < -0.39 is 97.5 Å². The highest BCUT2D eigenvalue weighted by Gasteiger charge is 2.67. The van der Waals surface area contributed by atoms with Gasteiger partial charge in [-0.3, -0.25) is 23.9 Å². The minimum atomic E-state index is -4.19. The highest BCUT2D eigenvalue weighted by atomic mass is 32.2. The number of methoxy groups -OCH3 is 1. The maximum Gasteiger partial charge on any atom is 0.307 e. The minimum absolute atomic E-state index is 0.112. The molecule has 4 fully saturated rings. The van der Waals surface area contributed by atoms with E-state index >= 15 is 0 Å². The van der Waals surface area contributed by atoms with Gasteiger partial charge in [-0.05, 0) is 76.3 Å². The van der Waals surface area contributed by atoms with E-state index in [2.05, 4.69) is 0 Å². The van der Waals surface area contributed by atoms with Gasteiger partial charge in [-0.25, -0.2) is 27.2 Å². The minimum Gasteiger partial charge on any atom is -0.497 e. The summed E-state index contributed by atoms with van der Waals surface area (Å²) < 4.78 is 73.9. The van der Waals surface area contributed by atoms with Gasteiger partial charge in [0.25, 0.3) is 0 Å². The van der Waals surface area contributed by atoms with Crippen molar-refractivity contribution in [3.05, 3.63) is 23.9 Å². The van der Waals surface area contributed by atoms with Crippen LogP contribution in [-0.4, -0.2) is 89.4 Å². The Morgan fingerprint density at radius 1 is 1.07 bits per heavy atom. The monoisotopic (exact) mass is 830 g/mol. The SMILES string of the molecule is COc1ccc2nc3c(nc2c1)O[C@H]1CN(C(=O)[C@H](C(C)(C)C)CC(=O)O[C@@]2(C)C[C@@H]2CCCCC3)C(C(=O)C[C@]2(C(=O)NS(=O)(=O)C3(C)CC3)C[C@H]2C(F)F)[C@@H]1C. The second-order valence-corrected chi connectivity index (χ2v) is 21.2. The molecule has 16 heteroatoms. The molecule has 1 unspecified atom stereocenters. The summed E-state index contributed by atoms with van der Waals surface area (Å²) in [6.45, 7) is 10.5. The van der Waals surface area contributed by atoms with E-state index in [4.69, 9.17) is 24.2 Å². The third-order valence-corrected chi connectivity index (χ3v) is 15.8. The van der Waals surface area contributed by atoms with Crippen molar-refractivity contribution in [2.75, 3.05) is 13.7 Å². The number of nitrogens with one attached hydrogen (secondary N) is 1. The van der Waals surface area contributed by atoms with Crippen molar-refractivity contribution in [1.29, 1.82) is 0 Å². The van der Waals surface area contributed by atoms with Crippen LogP contribution in [0, 0.1) is 34.5 Å². The fourth-order valence-electron chi connectivity index (χ4n) is 9.05. The first-order chi connectivity index (χ1) is 27.1. The summed E-state index contributed by atoms with van der Waals surface area (Å²) in [5, 5.41) is 0. The summed E-state index contributed by atoms with van der Waals surface area (Å²) in [5.41, 5.74) is -1.63. The topological polar surface area (TPSA) is 171 Å². The summed E-state index contributed by atoms with van der Waals surface area (Å²) in [6, 6.07) is 4.08. The molecule has 2 aliphatic heterocycles. The number of rotatable bonds is 8. The molecule has 7 rings (SSSR count). The molecule has 3 heterocycles. The summed E-state index contributed by atoms with van der Waals surface area (Å²) in [4.78, 5) is 68.0. The first-order valence-electron chi connectivity index (χ1n) is 20.5. The van der Waals surface area contributed by atoms with Gasteiger partial charge in [0.15, 0.2) is 5.78 Å². The van der Waals surface area contributed by atoms with E-state index in [1.165, 1.54) is 11.8 Å². The predicted molar refractivity (Wildman–Crippen MR) is 208 cm³/mol. The number of aromatic nitrogens is 2. The van der Waals surface area contributed by atoms with Gasteiger partial charge in [0.05, 0.1) is 53.2 Å². The number of ether oxygens (including phenoxy) is 3. The number of benzene rings is 1. The molecule has 1 aromatic carbocycles. The summed E-state index contributed by atoms with van der Waals surface area (Å²) in [7, 11) is -2.65. The van der Waals surface area contributed by atoms with Gasteiger partial charge in [-0.2, -0.15) is 0 Å². The van der Waals surface area contributed by atoms with Gasteiger partial charge in [0, 0.05) is 30.2 Å². The normalized spacial score (nSPS) is 32.6. The van der Waals surface area contributed by atoms with E-state index in [0.717, 1.165) is 32.1 Å². The second kappa shape index (κ2) is 14.9. The molecular formula is C42H56F2N4O9S. The average Bonchev–Trinajstić information content (AvgIpc) is 4.09. The number of aryl methyl sites for hydroxylation is 1. The van der Waals surface area contributed by atoms with Gasteiger partial charge in [0.1, 0.15) is 23.1 Å². The number of hydrogen-bond donors (Lipinski definition) is 1. The van der Waals surface area contributed by atoms with Crippen LogP contribution in [0.5, 0.6) is 11.6 Å². The van der Waals surface area contributed by atoms with Gasteiger partial charge in [0.2, 0.25) is 34.1 Å². The number of sulfonamides is 1. The first-order valence-corrected chi connectivity index (χ1v) is 22.0. The molecule has 0 spiro atoms. The van der Waals surface area contributed by atoms with Crippen LogP contribution in [0.25, 0.3) is 11.0 Å². The van der Waals surface area contributed by atoms with Crippen molar-refractivity contribution in [2.24, 2.45) is 34.5 Å². The number of carbonyl (C=O) groups excluding carboxylic acids is 4. The number of halogens is 2. The number of esters is 1. The maximum absolute atomic E-state index is 14.9. The molecular weight excluding hydrogens is 775 g/mol. The highest BCUT2D eigenvalue weighted by Crippen LogP contribution is 2.59. The van der Waals surface area contributed by atoms with Crippen LogP contribution in [-0.2, 0) is 40.4 Å². The van der Waals surface area contributed by atoms with Crippen LogP contribution >= 0.6 is 0 Å². The van der Waals surface area contributed by atoms with Crippen LogP contribution in [0.3, 0.4) is 0 Å². The number of alkyl halides is 2. The van der Waals surface area contributed by atoms with Gasteiger partial charge < -0.3 is 19.1 Å². The Morgan fingerprint density at radius 3 is 2.43 bits per heavy atom. The number of hydrogen-bond acceptors (Lipinski definition) is 11. The van der Waals surface area contributed by atoms with Crippen molar-refractivity contribution in [3.8, 4) is 11.6 Å². The quantitative estimate of drug-likeness (QED) is 0.312. The zero-order valence-corrected chi connectivity index (χ0v) is 35.3. The van der Waals surface area contributed by atoms with Crippen LogP contribution < -0.4 is 14.2 Å². The Hall–Kier alpha value is -3.95. The lowest BCUT2D eigenvalue weighted by Gasteiger charge is -2.35. The van der Waals surface area contributed by atoms with Crippen molar-refractivity contribution < 1.29 is 50.6 Å². The Labute approximate surface area is 338 Å². The van der Waals surface area contributed by atoms with Crippen molar-refractivity contribution >= 4 is 44.6 Å². The number of ketones is 1. The molecule has 8 atom stereocenters. The molecule has 0 radical (unpaired) electrons. The molecule has 2 bridgehead atoms. The van der Waals surface area contributed by atoms with Crippen molar-refractivity contribution in [3.63, 3.8) is 0 Å². The Kier molecular flexibility index (Phi) is 10.9. The third-order valence-electron chi connectivity index (χ3n) is 13.7. The van der Waals surface area contributed by atoms with Crippen LogP contribution in [0.15, 0.2) is 18.2 Å². The molecule has 1 saturated heterocycles. The average molecular weight is 831 g/mol. The molecule has 1 aromatic heterocycles. The number of Topliss-reactive ketones (excluding diaryl/α,β-unsaturated/α-hetero) is 1. The van der Waals surface area contributed by atoms with Gasteiger partial charge in [-0.1, -0.05) is 40.5 Å². The lowest BCUT2D eigenvalue weighted by molar-refractivity contribution is -0.158. The number of amides is 2. The van der Waals surface area contributed by atoms with E-state index in [-0.39, 0.29) is 31.2 Å². The lowest BCUT2D eigenvalue weighted by atomic mass is 9.77. The molecule has 318 valence electrons. The zero-order valence-electron chi connectivity index (χ0n) is 34.4. The molecule has 3 saturated carbocycles. The van der Waals surface area contributed by atoms with Crippen LogP contribution in [0.1, 0.15) is 111 Å². The molecule has 5 aliphatic rings. The van der Waals surface area contributed by atoms with Crippen LogP contribution in [0.4, 0.5) is 8.78 Å². The molecule has 2 amide bonds. The number of nitrogens with zero attached hydrogens (tertiary/aromatic N) is 3. The Morgan fingerprint density at radius 2 is 1.79 bits per heavy atom. The first kappa shape index (κ1) is 42.2. The largest absolute Gasteiger partial charge is 0.497 e. The van der Waals surface area contributed by atoms with E-state index in [1.54, 1.807) is 26.2 Å². The fraction of sp³-hybridized carbons (Fsp3) is 0.714. The molecule has 2 aromatic rings. The van der Waals surface area contributed by atoms with Crippen molar-refractivity contribution in [1.82, 2.24) is 19.6 Å². The third kappa shape index (κ3) is 8.02. The predicted octanol–water partition coefficient (Wildman–Crippen LogP) is 5.95. The maximum atomic E-state index is 14.9. The van der Waals surface area contributed by atoms with E-state index in [9.17, 15) is 36.4 Å². The smallest absolute Gasteiger partial charge is 0.307 e. The number of carbonyl (C=O) groups is 4. The van der Waals surface area contributed by atoms with Gasteiger partial charge in [-0.15, -0.1) is 0 Å². The number of fused-ring (bicyclic) bond motifs is 5. The van der Waals surface area contributed by atoms with Gasteiger partial charge >= 0.3 is 5.97 Å². The van der Waals surface area contributed by atoms with Crippen molar-refractivity contribution in [2.45, 2.75) is 141 Å². The summed E-state index contributed by atoms with van der Waals surface area (Å²) >= 11 is 0. The Bertz CT molecular complexity index is 2110. The summed E-state index contributed by atoms with van der Waals surface area (Å²) in [5.74, 6) is -5.09. The standard InChI is InChI=1S/C42H56F2N4O9S/c1-23-32-22-48(34(23)31(49)21-42(20-27(42)35(43)44)38(52)47-58(53,54)40(5)15-16-40)37(51)26(39(2,3)4)18-33(50)57-41(6)19-24(41)11-9-8-10-12-29-36(56-32)46-30-17-25(55-7)13-14-28(30)45-29/h13-14,17,23-24,26-27,32,34-35H,8-12,15-16,18-22H2,1-7H3,(H,47,52)/t23-,24+,26-,27+,32+,34?,41+,42-/m1/s1. The van der Waals surface area contributed by atoms with Crippen LogP contribution in [0.2, 0.25) is 0 Å². The lowest BCUT2D eigenvalue weighted by Crippen LogP contribution is -2.50. The molecule has 1 N–H and O–H groups in total. The Balaban J connectivity index is 1.26. The van der Waals surface area contributed by atoms with E-state index in [1.807, 2.05) is 38.5 Å². The molecule has 58 heavy (non-hydrogen) atoms. The fourth-order valence-corrected chi connectivity index (χ4v) is 10.4. The molecule has 3 aliphatic carbocycles. The highest BCUT2D eigenvalue weighted by molar-refractivity contribution is 7.91. The van der Waals surface area contributed by atoms with E-state index in [0.29, 0.717) is 41.7 Å². The zero-order chi connectivity index (χ0) is 42.2. The summed E-state index contributed by atoms with van der Waals surface area (Å²) in [6.07, 6.45) is 0.185.